The third-order valence-corrected chi connectivity index (χ3v) is 6.56. The summed E-state index contributed by atoms with van der Waals surface area (Å²) < 4.78 is 3.46. The van der Waals surface area contributed by atoms with Crippen LogP contribution in [0, 0.1) is 20.8 Å². The fourth-order valence-electron chi connectivity index (χ4n) is 4.00. The van der Waals surface area contributed by atoms with Crippen molar-refractivity contribution in [2.45, 2.75) is 25.9 Å². The smallest absolute Gasteiger partial charge is 0.267 e. The highest BCUT2D eigenvalue weighted by Gasteiger charge is 2.19. The van der Waals surface area contributed by atoms with E-state index in [1.54, 1.807) is 10.6 Å². The molecule has 0 saturated carbocycles. The van der Waals surface area contributed by atoms with Crippen LogP contribution in [0.1, 0.15) is 16.7 Å². The highest BCUT2D eigenvalue weighted by atomic mass is 32.2. The van der Waals surface area contributed by atoms with Gasteiger partial charge in [0.05, 0.1) is 22.3 Å². The normalized spacial score (nSPS) is 11.3. The number of anilines is 1. The number of fused-ring (bicyclic) bond motifs is 3. The van der Waals surface area contributed by atoms with Crippen LogP contribution in [0.2, 0.25) is 0 Å². The number of nitrogens with one attached hydrogen (secondary N) is 1. The number of nitrogens with zero attached hydrogens (tertiary/aromatic N) is 4. The van der Waals surface area contributed by atoms with E-state index in [4.69, 9.17) is 0 Å². The Morgan fingerprint density at radius 3 is 2.56 bits per heavy atom. The molecule has 3 aromatic carbocycles. The van der Waals surface area contributed by atoms with Gasteiger partial charge in [0.2, 0.25) is 11.7 Å². The first-order valence-corrected chi connectivity index (χ1v) is 11.9. The van der Waals surface area contributed by atoms with Gasteiger partial charge < -0.3 is 5.32 Å². The number of amides is 1. The topological polar surface area (TPSA) is 81.3 Å². The van der Waals surface area contributed by atoms with E-state index in [9.17, 15) is 9.59 Å². The van der Waals surface area contributed by atoms with Gasteiger partial charge >= 0.3 is 0 Å². The van der Waals surface area contributed by atoms with Crippen molar-refractivity contribution in [1.29, 1.82) is 0 Å². The van der Waals surface area contributed by atoms with E-state index in [1.807, 2.05) is 85.8 Å². The summed E-state index contributed by atoms with van der Waals surface area (Å²) in [6, 6.07) is 21.0. The standard InChI is InChI=1S/C26H23N5O2S/c1-16-7-6-8-19(13-16)27-23(32)15-34-26-29-28-25-30(22-14-17(2)11-12-18(22)3)24(33)20-9-4-5-10-21(20)31(25)26/h4-14H,15H2,1-3H3,(H,27,32). The summed E-state index contributed by atoms with van der Waals surface area (Å²) in [6.45, 7) is 5.94. The molecular formula is C26H23N5O2S. The first-order valence-electron chi connectivity index (χ1n) is 10.9. The van der Waals surface area contributed by atoms with Crippen LogP contribution in [-0.2, 0) is 4.79 Å². The highest BCUT2D eigenvalue weighted by molar-refractivity contribution is 7.99. The average molecular weight is 470 g/mol. The second kappa shape index (κ2) is 8.79. The highest BCUT2D eigenvalue weighted by Crippen LogP contribution is 2.25. The lowest BCUT2D eigenvalue weighted by Crippen LogP contribution is -2.22. The molecule has 170 valence electrons. The molecule has 34 heavy (non-hydrogen) atoms. The van der Waals surface area contributed by atoms with Crippen molar-refractivity contribution in [2.75, 3.05) is 11.1 Å². The van der Waals surface area contributed by atoms with Crippen LogP contribution in [0.15, 0.2) is 76.7 Å². The van der Waals surface area contributed by atoms with Crippen molar-refractivity contribution in [2.24, 2.45) is 0 Å². The summed E-state index contributed by atoms with van der Waals surface area (Å²) >= 11 is 1.28. The number of thioether (sulfide) groups is 1. The minimum absolute atomic E-state index is 0.139. The van der Waals surface area contributed by atoms with Crippen molar-refractivity contribution in [1.82, 2.24) is 19.2 Å². The van der Waals surface area contributed by atoms with E-state index in [1.165, 1.54) is 11.8 Å². The van der Waals surface area contributed by atoms with Gasteiger partial charge in [0.25, 0.3) is 5.56 Å². The predicted molar refractivity (Wildman–Crippen MR) is 136 cm³/mol. The number of aromatic nitrogens is 4. The van der Waals surface area contributed by atoms with Gasteiger partial charge in [0.15, 0.2) is 5.16 Å². The fraction of sp³-hybridized carbons (Fsp3) is 0.154. The van der Waals surface area contributed by atoms with Crippen molar-refractivity contribution in [3.05, 3.63) is 93.8 Å². The fourth-order valence-corrected chi connectivity index (χ4v) is 4.74. The van der Waals surface area contributed by atoms with Crippen LogP contribution in [0.4, 0.5) is 5.69 Å². The predicted octanol–water partition coefficient (Wildman–Crippen LogP) is 4.69. The third kappa shape index (κ3) is 3.97. The molecule has 0 bridgehead atoms. The number of aryl methyl sites for hydroxylation is 3. The summed E-state index contributed by atoms with van der Waals surface area (Å²) in [5, 5.41) is 12.7. The van der Waals surface area contributed by atoms with E-state index >= 15 is 0 Å². The number of hydrogen-bond acceptors (Lipinski definition) is 5. The third-order valence-electron chi connectivity index (χ3n) is 5.63. The van der Waals surface area contributed by atoms with Crippen LogP contribution in [0.3, 0.4) is 0 Å². The minimum atomic E-state index is -0.155. The monoisotopic (exact) mass is 469 g/mol. The van der Waals surface area contributed by atoms with E-state index in [0.717, 1.165) is 28.1 Å². The van der Waals surface area contributed by atoms with Crippen LogP contribution in [-0.4, -0.2) is 30.8 Å². The molecule has 0 atom stereocenters. The van der Waals surface area contributed by atoms with E-state index in [2.05, 4.69) is 15.5 Å². The second-order valence-corrected chi connectivity index (χ2v) is 9.21. The Morgan fingerprint density at radius 2 is 1.74 bits per heavy atom. The van der Waals surface area contributed by atoms with Crippen LogP contribution in [0.25, 0.3) is 22.4 Å². The molecule has 0 aliphatic heterocycles. The Bertz CT molecular complexity index is 1620. The Morgan fingerprint density at radius 1 is 0.941 bits per heavy atom. The van der Waals surface area contributed by atoms with Crippen molar-refractivity contribution in [3.63, 3.8) is 0 Å². The molecule has 5 rings (SSSR count). The minimum Gasteiger partial charge on any atom is -0.325 e. The molecule has 0 fully saturated rings. The van der Waals surface area contributed by atoms with Gasteiger partial charge in [-0.15, -0.1) is 10.2 Å². The van der Waals surface area contributed by atoms with Gasteiger partial charge in [-0.3, -0.25) is 14.0 Å². The first kappa shape index (κ1) is 21.9. The maximum Gasteiger partial charge on any atom is 0.267 e. The first-order chi connectivity index (χ1) is 16.4. The molecule has 0 saturated heterocycles. The zero-order valence-corrected chi connectivity index (χ0v) is 19.9. The largest absolute Gasteiger partial charge is 0.325 e. The average Bonchev–Trinajstić information content (AvgIpc) is 3.24. The zero-order chi connectivity index (χ0) is 23.8. The molecule has 1 N–H and O–H groups in total. The Kier molecular flexibility index (Phi) is 5.67. The van der Waals surface area contributed by atoms with E-state index in [-0.39, 0.29) is 17.2 Å². The molecule has 0 unspecified atom stereocenters. The maximum atomic E-state index is 13.5. The molecule has 0 aliphatic rings. The molecule has 1 amide bonds. The lowest BCUT2D eigenvalue weighted by Gasteiger charge is -2.14. The Hall–Kier alpha value is -3.91. The van der Waals surface area contributed by atoms with Gasteiger partial charge in [-0.2, -0.15) is 0 Å². The molecule has 2 heterocycles. The van der Waals surface area contributed by atoms with Crippen molar-refractivity contribution >= 4 is 40.0 Å². The number of carbonyl (C=O) groups is 1. The maximum absolute atomic E-state index is 13.5. The van der Waals surface area contributed by atoms with Crippen molar-refractivity contribution in [3.8, 4) is 5.69 Å². The summed E-state index contributed by atoms with van der Waals surface area (Å²) in [5.41, 5.74) is 5.14. The molecule has 2 aromatic heterocycles. The van der Waals surface area contributed by atoms with Gasteiger partial charge in [-0.25, -0.2) is 4.57 Å². The quantitative estimate of drug-likeness (QED) is 0.378. The summed E-state index contributed by atoms with van der Waals surface area (Å²) in [4.78, 5) is 26.1. The number of para-hydroxylation sites is 1. The van der Waals surface area contributed by atoms with E-state index in [0.29, 0.717) is 21.8 Å². The van der Waals surface area contributed by atoms with Gasteiger partial charge in [0, 0.05) is 5.69 Å². The zero-order valence-electron chi connectivity index (χ0n) is 19.1. The lowest BCUT2D eigenvalue weighted by molar-refractivity contribution is -0.113. The van der Waals surface area contributed by atoms with Crippen LogP contribution in [0.5, 0.6) is 0 Å². The second-order valence-electron chi connectivity index (χ2n) is 8.27. The van der Waals surface area contributed by atoms with E-state index < -0.39 is 0 Å². The Balaban J connectivity index is 1.58. The van der Waals surface area contributed by atoms with Crippen LogP contribution < -0.4 is 10.9 Å². The molecule has 8 heteroatoms. The lowest BCUT2D eigenvalue weighted by atomic mass is 10.1. The van der Waals surface area contributed by atoms with Gasteiger partial charge in [-0.1, -0.05) is 48.2 Å². The summed E-state index contributed by atoms with van der Waals surface area (Å²) in [5.74, 6) is 0.435. The van der Waals surface area contributed by atoms with Crippen molar-refractivity contribution < 1.29 is 4.79 Å². The molecule has 0 radical (unpaired) electrons. The molecule has 0 aliphatic carbocycles. The molecule has 0 spiro atoms. The summed E-state index contributed by atoms with van der Waals surface area (Å²) in [7, 11) is 0. The number of carbonyl (C=O) groups excluding carboxylic acids is 1. The van der Waals surface area contributed by atoms with Gasteiger partial charge in [-0.05, 0) is 67.8 Å². The van der Waals surface area contributed by atoms with Gasteiger partial charge in [0.1, 0.15) is 0 Å². The Labute approximate surface area is 200 Å². The molecule has 5 aromatic rings. The van der Waals surface area contributed by atoms with Crippen LogP contribution >= 0.6 is 11.8 Å². The SMILES string of the molecule is Cc1cccc(NC(=O)CSc2nnc3n(-c4cc(C)ccc4C)c(=O)c4ccccc4n23)c1. The summed E-state index contributed by atoms with van der Waals surface area (Å²) in [6.07, 6.45) is 0. The number of hydrogen-bond donors (Lipinski definition) is 1. The number of benzene rings is 3. The number of rotatable bonds is 5. The molecule has 7 nitrogen and oxygen atoms in total. The molecular weight excluding hydrogens is 446 g/mol.